The summed E-state index contributed by atoms with van der Waals surface area (Å²) in [6.45, 7) is 1.83. The lowest BCUT2D eigenvalue weighted by Crippen LogP contribution is -2.22. The van der Waals surface area contributed by atoms with Crippen LogP contribution in [0, 0.1) is 0 Å². The Morgan fingerprint density at radius 2 is 1.61 bits per heavy atom. The molecule has 0 fully saturated rings. The molecule has 1 atom stereocenters. The van der Waals surface area contributed by atoms with Crippen LogP contribution in [-0.2, 0) is 11.3 Å². The third-order valence-electron chi connectivity index (χ3n) is 4.55. The molecule has 0 heterocycles. The smallest absolute Gasteiger partial charge is 0.123 e. The first kappa shape index (κ1) is 19.9. The van der Waals surface area contributed by atoms with Crippen LogP contribution in [0.2, 0.25) is 0 Å². The van der Waals surface area contributed by atoms with E-state index in [9.17, 15) is 0 Å². The number of hydrogen-bond donors (Lipinski definition) is 1. The lowest BCUT2D eigenvalue weighted by molar-refractivity contribution is 0.146. The van der Waals surface area contributed by atoms with E-state index in [4.69, 9.17) is 14.2 Å². The van der Waals surface area contributed by atoms with E-state index in [1.165, 1.54) is 5.56 Å². The van der Waals surface area contributed by atoms with Crippen LogP contribution in [0.15, 0.2) is 78.9 Å². The van der Waals surface area contributed by atoms with Gasteiger partial charge >= 0.3 is 0 Å². The second-order valence-corrected chi connectivity index (χ2v) is 6.46. The Bertz CT molecular complexity index is 851. The van der Waals surface area contributed by atoms with Gasteiger partial charge in [-0.2, -0.15) is 0 Å². The minimum absolute atomic E-state index is 0.0235. The molecule has 1 unspecified atom stereocenters. The lowest BCUT2D eigenvalue weighted by atomic mass is 9.97. The van der Waals surface area contributed by atoms with Crippen molar-refractivity contribution in [3.8, 4) is 11.5 Å². The molecule has 1 N–H and O–H groups in total. The minimum atomic E-state index is 0.0235. The van der Waals surface area contributed by atoms with Crippen molar-refractivity contribution < 1.29 is 14.2 Å². The van der Waals surface area contributed by atoms with E-state index in [0.717, 1.165) is 22.6 Å². The summed E-state index contributed by atoms with van der Waals surface area (Å²) in [5.74, 6) is 1.73. The Morgan fingerprint density at radius 3 is 2.39 bits per heavy atom. The van der Waals surface area contributed by atoms with Crippen molar-refractivity contribution in [2.75, 3.05) is 27.4 Å². The fourth-order valence-corrected chi connectivity index (χ4v) is 3.17. The summed E-state index contributed by atoms with van der Waals surface area (Å²) in [7, 11) is 3.38. The maximum atomic E-state index is 5.73. The number of hydrogen-bond acceptors (Lipinski definition) is 4. The van der Waals surface area contributed by atoms with Gasteiger partial charge in [-0.3, -0.25) is 0 Å². The Balaban J connectivity index is 1.78. The van der Waals surface area contributed by atoms with E-state index in [2.05, 4.69) is 47.8 Å². The van der Waals surface area contributed by atoms with Crippen LogP contribution in [0.3, 0.4) is 0 Å². The van der Waals surface area contributed by atoms with Crippen molar-refractivity contribution in [1.82, 2.24) is 5.32 Å². The maximum absolute atomic E-state index is 5.73. The first-order chi connectivity index (χ1) is 13.8. The largest absolute Gasteiger partial charge is 0.496 e. The Labute approximate surface area is 167 Å². The van der Waals surface area contributed by atoms with Crippen LogP contribution >= 0.6 is 0 Å². The summed E-state index contributed by atoms with van der Waals surface area (Å²) in [5.41, 5.74) is 3.47. The minimum Gasteiger partial charge on any atom is -0.496 e. The third kappa shape index (κ3) is 5.35. The topological polar surface area (TPSA) is 39.7 Å². The molecule has 0 aromatic heterocycles. The highest BCUT2D eigenvalue weighted by Crippen LogP contribution is 2.30. The molecule has 0 aliphatic heterocycles. The summed E-state index contributed by atoms with van der Waals surface area (Å²) >= 11 is 0. The molecule has 0 amide bonds. The van der Waals surface area contributed by atoms with Gasteiger partial charge in [0.2, 0.25) is 0 Å². The fraction of sp³-hybridized carbons (Fsp3) is 0.250. The summed E-state index contributed by atoms with van der Waals surface area (Å²) in [6, 6.07) is 26.7. The van der Waals surface area contributed by atoms with Crippen LogP contribution in [0.4, 0.5) is 0 Å². The predicted octanol–water partition coefficient (Wildman–Crippen LogP) is 4.60. The molecular formula is C24H27NO3. The molecule has 3 rings (SSSR count). The Morgan fingerprint density at radius 1 is 0.821 bits per heavy atom. The normalized spacial score (nSPS) is 11.8. The van der Waals surface area contributed by atoms with Gasteiger partial charge in [0.25, 0.3) is 0 Å². The molecule has 0 bridgehead atoms. The van der Waals surface area contributed by atoms with Crippen molar-refractivity contribution in [3.63, 3.8) is 0 Å². The van der Waals surface area contributed by atoms with Crippen LogP contribution in [0.1, 0.15) is 22.7 Å². The average molecular weight is 377 g/mol. The van der Waals surface area contributed by atoms with E-state index in [0.29, 0.717) is 19.8 Å². The van der Waals surface area contributed by atoms with Crippen molar-refractivity contribution in [3.05, 3.63) is 95.6 Å². The highest BCUT2D eigenvalue weighted by molar-refractivity contribution is 5.41. The molecule has 3 aromatic rings. The highest BCUT2D eigenvalue weighted by atomic mass is 16.5. The van der Waals surface area contributed by atoms with E-state index >= 15 is 0 Å². The molecule has 4 heteroatoms. The molecule has 0 spiro atoms. The number of rotatable bonds is 10. The lowest BCUT2D eigenvalue weighted by Gasteiger charge is -2.22. The Kier molecular flexibility index (Phi) is 7.47. The summed E-state index contributed by atoms with van der Waals surface area (Å²) in [6.07, 6.45) is 0. The second kappa shape index (κ2) is 10.5. The molecule has 0 saturated heterocycles. The van der Waals surface area contributed by atoms with E-state index in [1.54, 1.807) is 14.2 Å². The van der Waals surface area contributed by atoms with Gasteiger partial charge in [-0.25, -0.2) is 0 Å². The third-order valence-corrected chi connectivity index (χ3v) is 4.55. The van der Waals surface area contributed by atoms with Gasteiger partial charge in [-0.05, 0) is 29.3 Å². The van der Waals surface area contributed by atoms with Crippen LogP contribution in [0.5, 0.6) is 11.5 Å². The predicted molar refractivity (Wildman–Crippen MR) is 112 cm³/mol. The van der Waals surface area contributed by atoms with Crippen LogP contribution < -0.4 is 14.8 Å². The van der Waals surface area contributed by atoms with Crippen molar-refractivity contribution in [1.29, 1.82) is 0 Å². The number of ether oxygens (including phenoxy) is 3. The molecule has 0 radical (unpaired) electrons. The maximum Gasteiger partial charge on any atom is 0.123 e. The number of benzene rings is 3. The molecule has 0 aliphatic carbocycles. The number of methoxy groups -OCH3 is 2. The standard InChI is InChI=1S/C24H27NO3/c1-26-15-16-28-21-12-8-9-19(17-21)18-25-24(20-10-4-3-5-11-20)22-13-6-7-14-23(22)27-2/h3-14,17,24-25H,15-16,18H2,1-2H3. The molecule has 0 aliphatic rings. The highest BCUT2D eigenvalue weighted by Gasteiger charge is 2.17. The number of para-hydroxylation sites is 1. The zero-order valence-corrected chi connectivity index (χ0v) is 16.4. The Hall–Kier alpha value is -2.82. The SMILES string of the molecule is COCCOc1cccc(CNC(c2ccccc2)c2ccccc2OC)c1. The number of nitrogens with one attached hydrogen (secondary N) is 1. The fourth-order valence-electron chi connectivity index (χ4n) is 3.17. The van der Waals surface area contributed by atoms with Crippen LogP contribution in [0.25, 0.3) is 0 Å². The van der Waals surface area contributed by atoms with Gasteiger partial charge in [0.05, 0.1) is 19.8 Å². The van der Waals surface area contributed by atoms with Gasteiger partial charge < -0.3 is 19.5 Å². The van der Waals surface area contributed by atoms with Gasteiger partial charge in [0, 0.05) is 19.2 Å². The van der Waals surface area contributed by atoms with Gasteiger partial charge in [0.15, 0.2) is 0 Å². The van der Waals surface area contributed by atoms with Gasteiger partial charge in [0.1, 0.15) is 18.1 Å². The second-order valence-electron chi connectivity index (χ2n) is 6.46. The molecule has 146 valence electrons. The summed E-state index contributed by atoms with van der Waals surface area (Å²) in [4.78, 5) is 0. The van der Waals surface area contributed by atoms with Crippen molar-refractivity contribution in [2.45, 2.75) is 12.6 Å². The molecule has 4 nitrogen and oxygen atoms in total. The summed E-state index contributed by atoms with van der Waals surface area (Å²) in [5, 5.41) is 3.68. The summed E-state index contributed by atoms with van der Waals surface area (Å²) < 4.78 is 16.4. The molecule has 3 aromatic carbocycles. The van der Waals surface area contributed by atoms with Crippen molar-refractivity contribution in [2.24, 2.45) is 0 Å². The quantitative estimate of drug-likeness (QED) is 0.524. The molecular weight excluding hydrogens is 350 g/mol. The molecule has 0 saturated carbocycles. The van der Waals surface area contributed by atoms with Gasteiger partial charge in [-0.15, -0.1) is 0 Å². The van der Waals surface area contributed by atoms with Gasteiger partial charge in [-0.1, -0.05) is 60.7 Å². The van der Waals surface area contributed by atoms with E-state index in [1.807, 2.05) is 36.4 Å². The average Bonchev–Trinajstić information content (AvgIpc) is 2.75. The first-order valence-corrected chi connectivity index (χ1v) is 9.43. The monoisotopic (exact) mass is 377 g/mol. The van der Waals surface area contributed by atoms with Crippen LogP contribution in [-0.4, -0.2) is 27.4 Å². The van der Waals surface area contributed by atoms with E-state index in [-0.39, 0.29) is 6.04 Å². The van der Waals surface area contributed by atoms with Crippen molar-refractivity contribution >= 4 is 0 Å². The first-order valence-electron chi connectivity index (χ1n) is 9.43. The molecule has 28 heavy (non-hydrogen) atoms. The zero-order chi connectivity index (χ0) is 19.6. The van der Waals surface area contributed by atoms with E-state index < -0.39 is 0 Å². The zero-order valence-electron chi connectivity index (χ0n) is 16.4.